The van der Waals surface area contributed by atoms with Gasteiger partial charge in [0.25, 0.3) is 0 Å². The second kappa shape index (κ2) is 7.47. The lowest BCUT2D eigenvalue weighted by Gasteiger charge is -2.12. The van der Waals surface area contributed by atoms with E-state index in [1.807, 2.05) is 13.8 Å². The van der Waals surface area contributed by atoms with Crippen LogP contribution in [0.4, 0.5) is 5.82 Å². The number of carboxylic acid groups (broad SMARTS) is 1. The van der Waals surface area contributed by atoms with Crippen molar-refractivity contribution in [1.29, 1.82) is 0 Å². The zero-order valence-corrected chi connectivity index (χ0v) is 10.7. The van der Waals surface area contributed by atoms with Gasteiger partial charge in [-0.1, -0.05) is 6.92 Å². The van der Waals surface area contributed by atoms with Gasteiger partial charge in [-0.15, -0.1) is 0 Å². The van der Waals surface area contributed by atoms with Crippen molar-refractivity contribution in [2.45, 2.75) is 26.7 Å². The molecule has 0 saturated carbocycles. The fourth-order valence-electron chi connectivity index (χ4n) is 1.41. The highest BCUT2D eigenvalue weighted by atomic mass is 16.5. The van der Waals surface area contributed by atoms with E-state index in [0.717, 1.165) is 0 Å². The van der Waals surface area contributed by atoms with Gasteiger partial charge in [-0.25, -0.2) is 9.97 Å². The minimum atomic E-state index is -0.762. The van der Waals surface area contributed by atoms with Crippen LogP contribution in [0.25, 0.3) is 0 Å². The molecule has 1 atom stereocenters. The van der Waals surface area contributed by atoms with Gasteiger partial charge < -0.3 is 15.2 Å². The van der Waals surface area contributed by atoms with Gasteiger partial charge in [-0.3, -0.25) is 4.79 Å². The van der Waals surface area contributed by atoms with Gasteiger partial charge >= 0.3 is 5.97 Å². The van der Waals surface area contributed by atoms with E-state index in [2.05, 4.69) is 15.3 Å². The fourth-order valence-corrected chi connectivity index (χ4v) is 1.41. The Hall–Kier alpha value is -1.85. The molecule has 1 heterocycles. The summed E-state index contributed by atoms with van der Waals surface area (Å²) in [6, 6.07) is 1.73. The van der Waals surface area contributed by atoms with Crippen LogP contribution < -0.4 is 10.1 Å². The lowest BCUT2D eigenvalue weighted by molar-refractivity contribution is -0.137. The van der Waals surface area contributed by atoms with Crippen molar-refractivity contribution >= 4 is 11.8 Å². The smallest absolute Gasteiger partial charge is 0.303 e. The summed E-state index contributed by atoms with van der Waals surface area (Å²) in [5, 5.41) is 11.7. The van der Waals surface area contributed by atoms with E-state index in [-0.39, 0.29) is 12.3 Å². The molecule has 0 radical (unpaired) electrons. The zero-order valence-electron chi connectivity index (χ0n) is 10.7. The molecule has 1 aromatic heterocycles. The highest BCUT2D eigenvalue weighted by Gasteiger charge is 2.06. The molecule has 0 bridgehead atoms. The quantitative estimate of drug-likeness (QED) is 0.734. The first-order valence-corrected chi connectivity index (χ1v) is 6.02. The van der Waals surface area contributed by atoms with E-state index in [1.165, 1.54) is 6.33 Å². The van der Waals surface area contributed by atoms with E-state index in [1.54, 1.807) is 6.07 Å². The first kappa shape index (κ1) is 14.2. The highest BCUT2D eigenvalue weighted by Crippen LogP contribution is 2.12. The molecule has 6 heteroatoms. The fraction of sp³-hybridized carbons (Fsp3) is 0.583. The van der Waals surface area contributed by atoms with Crippen molar-refractivity contribution in [3.8, 4) is 5.88 Å². The molecule has 100 valence electrons. The summed E-state index contributed by atoms with van der Waals surface area (Å²) in [6.07, 6.45) is 2.28. The molecule has 0 fully saturated rings. The number of hydrogen-bond acceptors (Lipinski definition) is 5. The maximum Gasteiger partial charge on any atom is 0.303 e. The third-order valence-corrected chi connectivity index (χ3v) is 2.42. The van der Waals surface area contributed by atoms with E-state index in [4.69, 9.17) is 9.84 Å². The molecule has 6 nitrogen and oxygen atoms in total. The Morgan fingerprint density at radius 1 is 1.56 bits per heavy atom. The molecular formula is C12H19N3O3. The van der Waals surface area contributed by atoms with Gasteiger partial charge in [0.15, 0.2) is 0 Å². The first-order valence-electron chi connectivity index (χ1n) is 6.02. The summed E-state index contributed by atoms with van der Waals surface area (Å²) in [4.78, 5) is 18.5. The number of nitrogens with zero attached hydrogens (tertiary/aromatic N) is 2. The van der Waals surface area contributed by atoms with E-state index in [0.29, 0.717) is 31.3 Å². The molecule has 0 aromatic carbocycles. The maximum atomic E-state index is 10.4. The molecule has 1 aromatic rings. The van der Waals surface area contributed by atoms with E-state index in [9.17, 15) is 4.79 Å². The Balaban J connectivity index is 2.38. The summed E-state index contributed by atoms with van der Waals surface area (Å²) in [7, 11) is 0. The lowest BCUT2D eigenvalue weighted by atomic mass is 10.1. The largest absolute Gasteiger partial charge is 0.481 e. The zero-order chi connectivity index (χ0) is 13.4. The van der Waals surface area contributed by atoms with Crippen molar-refractivity contribution in [2.75, 3.05) is 18.5 Å². The SMILES string of the molecule is CCOc1cc(NCC(C)CCC(=O)O)ncn1. The van der Waals surface area contributed by atoms with Crippen LogP contribution in [-0.4, -0.2) is 34.2 Å². The number of hydrogen-bond donors (Lipinski definition) is 2. The minimum absolute atomic E-state index is 0.191. The summed E-state index contributed by atoms with van der Waals surface area (Å²) in [5.41, 5.74) is 0. The summed E-state index contributed by atoms with van der Waals surface area (Å²) in [5.74, 6) is 0.734. The third-order valence-electron chi connectivity index (χ3n) is 2.42. The molecule has 1 unspecified atom stereocenters. The van der Waals surface area contributed by atoms with E-state index < -0.39 is 5.97 Å². The van der Waals surface area contributed by atoms with Gasteiger partial charge in [0.05, 0.1) is 6.61 Å². The average Bonchev–Trinajstić information content (AvgIpc) is 2.35. The second-order valence-electron chi connectivity index (χ2n) is 4.09. The standard InChI is InChI=1S/C12H19N3O3/c1-3-18-11-6-10(14-8-15-11)13-7-9(2)4-5-12(16)17/h6,8-9H,3-5,7H2,1-2H3,(H,16,17)(H,13,14,15). The lowest BCUT2D eigenvalue weighted by Crippen LogP contribution is -2.13. The van der Waals surface area contributed by atoms with Crippen LogP contribution in [0.2, 0.25) is 0 Å². The van der Waals surface area contributed by atoms with Gasteiger partial charge in [0.1, 0.15) is 12.1 Å². The Kier molecular flexibility index (Phi) is 5.90. The van der Waals surface area contributed by atoms with Crippen LogP contribution in [0.1, 0.15) is 26.7 Å². The summed E-state index contributed by atoms with van der Waals surface area (Å²) in [6.45, 7) is 5.13. The molecule has 0 amide bonds. The maximum absolute atomic E-state index is 10.4. The van der Waals surface area contributed by atoms with Gasteiger partial charge in [0, 0.05) is 19.0 Å². The number of rotatable bonds is 8. The number of aromatic nitrogens is 2. The van der Waals surface area contributed by atoms with Crippen LogP contribution in [0.3, 0.4) is 0 Å². The van der Waals surface area contributed by atoms with Crippen molar-refractivity contribution in [3.63, 3.8) is 0 Å². The minimum Gasteiger partial charge on any atom is -0.481 e. The third kappa shape index (κ3) is 5.47. The molecule has 0 saturated heterocycles. The Morgan fingerprint density at radius 2 is 2.33 bits per heavy atom. The van der Waals surface area contributed by atoms with Crippen LogP contribution in [0.5, 0.6) is 5.88 Å². The highest BCUT2D eigenvalue weighted by molar-refractivity contribution is 5.66. The van der Waals surface area contributed by atoms with Crippen molar-refractivity contribution in [1.82, 2.24) is 9.97 Å². The van der Waals surface area contributed by atoms with Gasteiger partial charge in [-0.05, 0) is 19.3 Å². The number of carbonyl (C=O) groups is 1. The molecule has 0 aliphatic rings. The number of aliphatic carboxylic acids is 1. The first-order chi connectivity index (χ1) is 8.61. The van der Waals surface area contributed by atoms with E-state index >= 15 is 0 Å². The van der Waals surface area contributed by atoms with Crippen LogP contribution in [0.15, 0.2) is 12.4 Å². The van der Waals surface area contributed by atoms with Crippen LogP contribution in [0, 0.1) is 5.92 Å². The van der Waals surface area contributed by atoms with Gasteiger partial charge in [-0.2, -0.15) is 0 Å². The molecule has 18 heavy (non-hydrogen) atoms. The number of ether oxygens (including phenoxy) is 1. The second-order valence-corrected chi connectivity index (χ2v) is 4.09. The normalized spacial score (nSPS) is 11.9. The molecule has 0 aliphatic carbocycles. The number of nitrogens with one attached hydrogen (secondary N) is 1. The summed E-state index contributed by atoms with van der Waals surface area (Å²) >= 11 is 0. The molecule has 1 rings (SSSR count). The predicted molar refractivity (Wildman–Crippen MR) is 67.7 cm³/mol. The van der Waals surface area contributed by atoms with Gasteiger partial charge in [0.2, 0.25) is 5.88 Å². The number of anilines is 1. The Labute approximate surface area is 106 Å². The number of carboxylic acids is 1. The van der Waals surface area contributed by atoms with Crippen LogP contribution >= 0.6 is 0 Å². The van der Waals surface area contributed by atoms with Crippen molar-refractivity contribution in [3.05, 3.63) is 12.4 Å². The summed E-state index contributed by atoms with van der Waals surface area (Å²) < 4.78 is 5.26. The van der Waals surface area contributed by atoms with Crippen LogP contribution in [-0.2, 0) is 4.79 Å². The molecule has 0 spiro atoms. The predicted octanol–water partition coefficient (Wildman–Crippen LogP) is 1.79. The molecule has 0 aliphatic heterocycles. The Bertz CT molecular complexity index is 385. The van der Waals surface area contributed by atoms with Crippen molar-refractivity contribution in [2.24, 2.45) is 5.92 Å². The molecule has 2 N–H and O–H groups in total. The Morgan fingerprint density at radius 3 is 3.00 bits per heavy atom. The molecular weight excluding hydrogens is 234 g/mol. The topological polar surface area (TPSA) is 84.3 Å². The average molecular weight is 253 g/mol. The monoisotopic (exact) mass is 253 g/mol. The van der Waals surface area contributed by atoms with Crippen molar-refractivity contribution < 1.29 is 14.6 Å².